The number of aliphatic carboxylic acids is 1. The number of carboxylic acids is 1. The third-order valence-corrected chi connectivity index (χ3v) is 6.73. The molecule has 138 valence electrons. The van der Waals surface area contributed by atoms with Crippen molar-refractivity contribution in [1.29, 1.82) is 0 Å². The summed E-state index contributed by atoms with van der Waals surface area (Å²) >= 11 is 3.24. The van der Waals surface area contributed by atoms with Crippen LogP contribution >= 0.6 is 15.9 Å². The fourth-order valence-electron chi connectivity index (χ4n) is 2.93. The van der Waals surface area contributed by atoms with Crippen molar-refractivity contribution in [1.82, 2.24) is 9.62 Å². The van der Waals surface area contributed by atoms with Crippen LogP contribution < -0.4 is 5.32 Å². The fourth-order valence-corrected chi connectivity index (χ4v) is 4.32. The van der Waals surface area contributed by atoms with Crippen LogP contribution in [-0.2, 0) is 19.6 Å². The number of rotatable bonds is 6. The van der Waals surface area contributed by atoms with Crippen LogP contribution in [0, 0.1) is 0 Å². The largest absolute Gasteiger partial charge is 0.480 e. The van der Waals surface area contributed by atoms with Gasteiger partial charge in [0, 0.05) is 11.5 Å². The minimum absolute atomic E-state index is 0.0663. The van der Waals surface area contributed by atoms with E-state index in [1.54, 1.807) is 12.1 Å². The summed E-state index contributed by atoms with van der Waals surface area (Å²) in [4.78, 5) is 23.9. The van der Waals surface area contributed by atoms with E-state index in [2.05, 4.69) is 21.2 Å². The lowest BCUT2D eigenvalue weighted by Crippen LogP contribution is -2.57. The van der Waals surface area contributed by atoms with E-state index in [1.807, 2.05) is 0 Å². The molecule has 0 bridgehead atoms. The molecular weight excluding hydrogens is 412 g/mol. The summed E-state index contributed by atoms with van der Waals surface area (Å²) in [5, 5.41) is 12.0. The molecule has 1 fully saturated rings. The van der Waals surface area contributed by atoms with Crippen LogP contribution in [-0.4, -0.2) is 48.8 Å². The van der Waals surface area contributed by atoms with Gasteiger partial charge in [-0.1, -0.05) is 35.2 Å². The average Bonchev–Trinajstić information content (AvgIpc) is 2.55. The molecular formula is C16H21BrN2O5S. The zero-order chi connectivity index (χ0) is 18.7. The van der Waals surface area contributed by atoms with E-state index in [4.69, 9.17) is 0 Å². The molecule has 0 saturated heterocycles. The van der Waals surface area contributed by atoms with Gasteiger partial charge in [0.05, 0.1) is 11.4 Å². The quantitative estimate of drug-likeness (QED) is 0.714. The maximum Gasteiger partial charge on any atom is 0.329 e. The molecule has 2 rings (SSSR count). The second-order valence-electron chi connectivity index (χ2n) is 6.21. The molecule has 0 radical (unpaired) electrons. The first-order chi connectivity index (χ1) is 11.7. The van der Waals surface area contributed by atoms with Gasteiger partial charge in [-0.2, -0.15) is 4.31 Å². The van der Waals surface area contributed by atoms with Crippen LogP contribution in [0.5, 0.6) is 0 Å². The lowest BCUT2D eigenvalue weighted by atomic mass is 9.81. The van der Waals surface area contributed by atoms with Crippen LogP contribution in [0.3, 0.4) is 0 Å². The van der Waals surface area contributed by atoms with Crippen molar-refractivity contribution >= 4 is 37.8 Å². The van der Waals surface area contributed by atoms with Gasteiger partial charge in [0.1, 0.15) is 5.54 Å². The van der Waals surface area contributed by atoms with E-state index in [0.717, 1.165) is 28.0 Å². The molecule has 0 atom stereocenters. The zero-order valence-corrected chi connectivity index (χ0v) is 16.3. The van der Waals surface area contributed by atoms with Gasteiger partial charge < -0.3 is 10.4 Å². The Morgan fingerprint density at radius 1 is 1.20 bits per heavy atom. The molecule has 2 N–H and O–H groups in total. The first kappa shape index (κ1) is 19.9. The number of benzene rings is 1. The van der Waals surface area contributed by atoms with Gasteiger partial charge >= 0.3 is 5.97 Å². The number of hydrogen-bond acceptors (Lipinski definition) is 4. The Balaban J connectivity index is 2.08. The van der Waals surface area contributed by atoms with E-state index >= 15 is 0 Å². The smallest absolute Gasteiger partial charge is 0.329 e. The van der Waals surface area contributed by atoms with E-state index < -0.39 is 34.0 Å². The number of nitrogens with zero attached hydrogens (tertiary/aromatic N) is 1. The molecule has 0 unspecified atom stereocenters. The Morgan fingerprint density at radius 3 is 2.28 bits per heavy atom. The number of hydrogen-bond donors (Lipinski definition) is 2. The molecule has 1 saturated carbocycles. The predicted octanol–water partition coefficient (Wildman–Crippen LogP) is 1.97. The van der Waals surface area contributed by atoms with Crippen molar-refractivity contribution in [2.24, 2.45) is 0 Å². The summed E-state index contributed by atoms with van der Waals surface area (Å²) in [6, 6.07) is 6.08. The molecule has 1 amide bonds. The number of amides is 1. The third kappa shape index (κ3) is 4.59. The van der Waals surface area contributed by atoms with E-state index in [-0.39, 0.29) is 4.90 Å². The number of sulfonamides is 1. The van der Waals surface area contributed by atoms with E-state index in [1.165, 1.54) is 19.2 Å². The monoisotopic (exact) mass is 432 g/mol. The number of carboxylic acid groups (broad SMARTS) is 1. The Morgan fingerprint density at radius 2 is 1.76 bits per heavy atom. The standard InChI is InChI=1S/C16H21BrN2O5S/c1-19(25(23,24)13-7-5-12(17)6-8-13)11-14(20)18-16(15(21)22)9-3-2-4-10-16/h5-8H,2-4,9-11H2,1H3,(H,18,20)(H,21,22). The van der Waals surface area contributed by atoms with Crippen LogP contribution in [0.1, 0.15) is 32.1 Å². The number of carbonyl (C=O) groups excluding carboxylic acids is 1. The van der Waals surface area contributed by atoms with Crippen LogP contribution in [0.4, 0.5) is 0 Å². The molecule has 9 heteroatoms. The third-order valence-electron chi connectivity index (χ3n) is 4.38. The first-order valence-corrected chi connectivity index (χ1v) is 10.2. The molecule has 1 aliphatic rings. The van der Waals surface area contributed by atoms with Gasteiger partial charge in [-0.3, -0.25) is 4.79 Å². The molecule has 7 nitrogen and oxygen atoms in total. The Hall–Kier alpha value is -1.45. The van der Waals surface area contributed by atoms with Crippen molar-refractivity contribution in [2.75, 3.05) is 13.6 Å². The van der Waals surface area contributed by atoms with Crippen LogP contribution in [0.15, 0.2) is 33.6 Å². The minimum atomic E-state index is -3.83. The molecule has 1 aromatic carbocycles. The van der Waals surface area contributed by atoms with Crippen molar-refractivity contribution in [3.8, 4) is 0 Å². The summed E-state index contributed by atoms with van der Waals surface area (Å²) < 4.78 is 26.7. The van der Waals surface area contributed by atoms with Gasteiger partial charge in [-0.05, 0) is 37.1 Å². The summed E-state index contributed by atoms with van der Waals surface area (Å²) in [6.07, 6.45) is 3.09. The lowest BCUT2D eigenvalue weighted by molar-refractivity contribution is -0.149. The molecule has 1 aliphatic carbocycles. The molecule has 0 aliphatic heterocycles. The van der Waals surface area contributed by atoms with Crippen LogP contribution in [0.2, 0.25) is 0 Å². The van der Waals surface area contributed by atoms with E-state index in [0.29, 0.717) is 12.8 Å². The number of likely N-dealkylation sites (N-methyl/N-ethyl adjacent to an activating group) is 1. The highest BCUT2D eigenvalue weighted by Crippen LogP contribution is 2.28. The fraction of sp³-hybridized carbons (Fsp3) is 0.500. The van der Waals surface area contributed by atoms with Gasteiger partial charge in [0.2, 0.25) is 15.9 Å². The first-order valence-electron chi connectivity index (χ1n) is 7.94. The SMILES string of the molecule is CN(CC(=O)NC1(C(=O)O)CCCCC1)S(=O)(=O)c1ccc(Br)cc1. The molecule has 0 spiro atoms. The zero-order valence-electron chi connectivity index (χ0n) is 13.9. The summed E-state index contributed by atoms with van der Waals surface area (Å²) in [6.45, 7) is -0.437. The summed E-state index contributed by atoms with van der Waals surface area (Å²) in [5.41, 5.74) is -1.29. The normalized spacial score (nSPS) is 17.2. The molecule has 25 heavy (non-hydrogen) atoms. The second kappa shape index (κ2) is 7.84. The Bertz CT molecular complexity index is 742. The molecule has 0 aromatic heterocycles. The minimum Gasteiger partial charge on any atom is -0.480 e. The van der Waals surface area contributed by atoms with Crippen molar-refractivity contribution < 1.29 is 23.1 Å². The van der Waals surface area contributed by atoms with Crippen molar-refractivity contribution in [2.45, 2.75) is 42.5 Å². The van der Waals surface area contributed by atoms with Gasteiger partial charge in [0.25, 0.3) is 0 Å². The maximum absolute atomic E-state index is 12.5. The Kier molecular flexibility index (Phi) is 6.23. The number of halogens is 1. The Labute approximate surface area is 155 Å². The van der Waals surface area contributed by atoms with Gasteiger partial charge in [-0.15, -0.1) is 0 Å². The highest BCUT2D eigenvalue weighted by atomic mass is 79.9. The van der Waals surface area contributed by atoms with Crippen molar-refractivity contribution in [3.05, 3.63) is 28.7 Å². The maximum atomic E-state index is 12.5. The second-order valence-corrected chi connectivity index (χ2v) is 9.17. The number of carbonyl (C=O) groups is 2. The molecule has 1 aromatic rings. The highest BCUT2D eigenvalue weighted by Gasteiger charge is 2.41. The predicted molar refractivity (Wildman–Crippen MR) is 95.6 cm³/mol. The van der Waals surface area contributed by atoms with Gasteiger partial charge in [-0.25, -0.2) is 13.2 Å². The topological polar surface area (TPSA) is 104 Å². The summed E-state index contributed by atoms with van der Waals surface area (Å²) in [7, 11) is -2.53. The number of nitrogens with one attached hydrogen (secondary N) is 1. The van der Waals surface area contributed by atoms with Crippen molar-refractivity contribution in [3.63, 3.8) is 0 Å². The average molecular weight is 433 g/mol. The van der Waals surface area contributed by atoms with E-state index in [9.17, 15) is 23.1 Å². The van der Waals surface area contributed by atoms with Gasteiger partial charge in [0.15, 0.2) is 0 Å². The lowest BCUT2D eigenvalue weighted by Gasteiger charge is -2.34. The van der Waals surface area contributed by atoms with Crippen LogP contribution in [0.25, 0.3) is 0 Å². The summed E-state index contributed by atoms with van der Waals surface area (Å²) in [5.74, 6) is -1.69. The highest BCUT2D eigenvalue weighted by molar-refractivity contribution is 9.10. The molecule has 0 heterocycles.